The number of fused-ring (bicyclic) bond motifs is 2. The van der Waals surface area contributed by atoms with Gasteiger partial charge in [-0.1, -0.05) is 19.9 Å². The molecule has 1 aliphatic heterocycles. The standard InChI is InChI=1S/C24H27N7O/c1-15-9-18(16-12-27-23-25-5-8-31(23)14-16)19-13-26-22(29-20(15)19)28-17-10-24(2,11-17)21(32)30-6-3-4-7-30/h5,8-9,12-15,17H,3-4,6-7,10-11H2,1-2H3,(H,26,28,29)/t15-,17?,24?/m0/s1. The summed E-state index contributed by atoms with van der Waals surface area (Å²) in [5, 5.41) is 3.46. The summed E-state index contributed by atoms with van der Waals surface area (Å²) in [7, 11) is 0. The van der Waals surface area contributed by atoms with E-state index in [1.165, 1.54) is 0 Å². The number of nitrogens with zero attached hydrogens (tertiary/aromatic N) is 6. The number of aromatic nitrogens is 5. The highest BCUT2D eigenvalue weighted by atomic mass is 16.2. The van der Waals surface area contributed by atoms with Crippen molar-refractivity contribution in [3.8, 4) is 0 Å². The molecule has 8 heteroatoms. The van der Waals surface area contributed by atoms with E-state index in [0.29, 0.717) is 17.6 Å². The van der Waals surface area contributed by atoms with Crippen molar-refractivity contribution in [3.63, 3.8) is 0 Å². The molecule has 1 amide bonds. The van der Waals surface area contributed by atoms with Crippen LogP contribution in [0.2, 0.25) is 0 Å². The van der Waals surface area contributed by atoms with Gasteiger partial charge in [-0.25, -0.2) is 19.9 Å². The van der Waals surface area contributed by atoms with Gasteiger partial charge in [0.1, 0.15) is 0 Å². The molecule has 0 spiro atoms. The van der Waals surface area contributed by atoms with Crippen LogP contribution in [0, 0.1) is 5.41 Å². The van der Waals surface area contributed by atoms with Crippen LogP contribution < -0.4 is 5.32 Å². The fraction of sp³-hybridized carbons (Fsp3) is 0.458. The van der Waals surface area contributed by atoms with E-state index >= 15 is 0 Å². The van der Waals surface area contributed by atoms with Gasteiger partial charge in [0.15, 0.2) is 0 Å². The molecule has 1 saturated heterocycles. The molecular weight excluding hydrogens is 402 g/mol. The maximum absolute atomic E-state index is 12.8. The van der Waals surface area contributed by atoms with Gasteiger partial charge >= 0.3 is 0 Å². The van der Waals surface area contributed by atoms with Crippen LogP contribution in [0.3, 0.4) is 0 Å². The first kappa shape index (κ1) is 19.4. The van der Waals surface area contributed by atoms with Gasteiger partial charge in [-0.05, 0) is 31.3 Å². The molecule has 6 rings (SSSR count). The molecule has 1 N–H and O–H groups in total. The monoisotopic (exact) mass is 429 g/mol. The van der Waals surface area contributed by atoms with Crippen LogP contribution in [0.25, 0.3) is 11.4 Å². The Balaban J connectivity index is 1.17. The van der Waals surface area contributed by atoms with Crippen LogP contribution in [-0.2, 0) is 4.79 Å². The van der Waals surface area contributed by atoms with E-state index in [0.717, 1.165) is 61.2 Å². The third kappa shape index (κ3) is 3.08. The number of carbonyl (C=O) groups is 1. The largest absolute Gasteiger partial charge is 0.351 e. The summed E-state index contributed by atoms with van der Waals surface area (Å²) in [6.45, 7) is 6.08. The van der Waals surface area contributed by atoms with Crippen molar-refractivity contribution in [1.82, 2.24) is 29.2 Å². The fourth-order valence-electron chi connectivity index (χ4n) is 5.43. The molecule has 0 aromatic carbocycles. The maximum atomic E-state index is 12.8. The van der Waals surface area contributed by atoms with Crippen LogP contribution in [0.5, 0.6) is 0 Å². The minimum absolute atomic E-state index is 0.199. The third-order valence-corrected chi connectivity index (χ3v) is 7.15. The zero-order valence-corrected chi connectivity index (χ0v) is 18.5. The highest BCUT2D eigenvalue weighted by molar-refractivity contribution is 5.85. The van der Waals surface area contributed by atoms with Crippen LogP contribution in [0.15, 0.2) is 37.1 Å². The van der Waals surface area contributed by atoms with E-state index in [-0.39, 0.29) is 17.4 Å². The molecule has 0 unspecified atom stereocenters. The zero-order valence-electron chi connectivity index (χ0n) is 18.5. The summed E-state index contributed by atoms with van der Waals surface area (Å²) in [6.07, 6.45) is 15.6. The van der Waals surface area contributed by atoms with Crippen LogP contribution in [0.4, 0.5) is 5.95 Å². The second kappa shape index (κ2) is 7.12. The molecule has 0 bridgehead atoms. The Kier molecular flexibility index (Phi) is 4.31. The van der Waals surface area contributed by atoms with Crippen molar-refractivity contribution in [2.45, 2.75) is 51.5 Å². The topological polar surface area (TPSA) is 88.3 Å². The Morgan fingerprint density at radius 3 is 2.78 bits per heavy atom. The van der Waals surface area contributed by atoms with Gasteiger partial charge in [-0.15, -0.1) is 0 Å². The van der Waals surface area contributed by atoms with Crippen molar-refractivity contribution >= 4 is 23.2 Å². The Bertz CT molecular complexity index is 1230. The molecule has 1 atom stereocenters. The van der Waals surface area contributed by atoms with E-state index in [1.807, 2.05) is 34.1 Å². The predicted molar refractivity (Wildman–Crippen MR) is 121 cm³/mol. The highest BCUT2D eigenvalue weighted by Gasteiger charge is 2.48. The summed E-state index contributed by atoms with van der Waals surface area (Å²) < 4.78 is 1.92. The molecule has 32 heavy (non-hydrogen) atoms. The van der Waals surface area contributed by atoms with Crippen molar-refractivity contribution in [1.29, 1.82) is 0 Å². The van der Waals surface area contributed by atoms with E-state index in [4.69, 9.17) is 4.98 Å². The Labute approximate surface area is 186 Å². The van der Waals surface area contributed by atoms with Gasteiger partial charge < -0.3 is 10.2 Å². The Morgan fingerprint density at radius 2 is 1.97 bits per heavy atom. The summed E-state index contributed by atoms with van der Waals surface area (Å²) in [5.74, 6) is 1.85. The second-order valence-corrected chi connectivity index (χ2v) is 9.65. The molecule has 3 aromatic heterocycles. The van der Waals surface area contributed by atoms with Crippen LogP contribution in [-0.4, -0.2) is 54.3 Å². The van der Waals surface area contributed by atoms with Gasteiger partial charge in [-0.2, -0.15) is 0 Å². The number of nitrogens with one attached hydrogen (secondary N) is 1. The van der Waals surface area contributed by atoms with Gasteiger partial charge in [0, 0.05) is 67.2 Å². The fourth-order valence-corrected chi connectivity index (χ4v) is 5.43. The van der Waals surface area contributed by atoms with Crippen LogP contribution in [0.1, 0.15) is 62.3 Å². The number of anilines is 1. The molecule has 4 heterocycles. The van der Waals surface area contributed by atoms with Crippen LogP contribution >= 0.6 is 0 Å². The SMILES string of the molecule is C[C@H]1C=C(c2cnc3nccn3c2)c2cnc(NC3CC(C)(C(=O)N4CCCC4)C3)nc21. The first-order valence-corrected chi connectivity index (χ1v) is 11.4. The predicted octanol–water partition coefficient (Wildman–Crippen LogP) is 3.27. The molecule has 0 radical (unpaired) electrons. The summed E-state index contributed by atoms with van der Waals surface area (Å²) in [4.78, 5) is 33.0. The number of rotatable bonds is 4. The molecule has 2 aliphatic carbocycles. The van der Waals surface area contributed by atoms with Gasteiger partial charge in [-0.3, -0.25) is 9.20 Å². The lowest BCUT2D eigenvalue weighted by atomic mass is 9.66. The number of carbonyl (C=O) groups excluding carboxylic acids is 1. The average Bonchev–Trinajstić information content (AvgIpc) is 3.52. The average molecular weight is 430 g/mol. The van der Waals surface area contributed by atoms with E-state index in [9.17, 15) is 4.79 Å². The zero-order chi connectivity index (χ0) is 21.9. The Morgan fingerprint density at radius 1 is 1.16 bits per heavy atom. The first-order valence-electron chi connectivity index (χ1n) is 11.4. The smallest absolute Gasteiger partial charge is 0.233 e. The third-order valence-electron chi connectivity index (χ3n) is 7.15. The molecule has 164 valence electrons. The van der Waals surface area contributed by atoms with Gasteiger partial charge in [0.2, 0.25) is 17.6 Å². The number of imidazole rings is 1. The van der Waals surface area contributed by atoms with Crippen molar-refractivity contribution < 1.29 is 4.79 Å². The minimum atomic E-state index is -0.250. The molecule has 1 saturated carbocycles. The van der Waals surface area contributed by atoms with Crippen molar-refractivity contribution in [2.75, 3.05) is 18.4 Å². The lowest BCUT2D eigenvalue weighted by Crippen LogP contribution is -2.53. The summed E-state index contributed by atoms with van der Waals surface area (Å²) in [6, 6.07) is 0.238. The van der Waals surface area contributed by atoms with Crippen molar-refractivity contribution in [3.05, 3.63) is 53.9 Å². The number of allylic oxidation sites excluding steroid dienone is 1. The number of hydrogen-bond acceptors (Lipinski definition) is 6. The van der Waals surface area contributed by atoms with E-state index in [1.54, 1.807) is 6.20 Å². The van der Waals surface area contributed by atoms with E-state index < -0.39 is 0 Å². The molecule has 8 nitrogen and oxygen atoms in total. The number of amides is 1. The summed E-state index contributed by atoms with van der Waals surface area (Å²) >= 11 is 0. The normalized spacial score (nSPS) is 26.7. The second-order valence-electron chi connectivity index (χ2n) is 9.65. The van der Waals surface area contributed by atoms with Gasteiger partial charge in [0.05, 0.1) is 11.1 Å². The number of likely N-dealkylation sites (tertiary alicyclic amines) is 1. The summed E-state index contributed by atoms with van der Waals surface area (Å²) in [5.41, 5.74) is 3.96. The quantitative estimate of drug-likeness (QED) is 0.685. The van der Waals surface area contributed by atoms with Gasteiger partial charge in [0.25, 0.3) is 0 Å². The maximum Gasteiger partial charge on any atom is 0.233 e. The lowest BCUT2D eigenvalue weighted by Gasteiger charge is -2.45. The van der Waals surface area contributed by atoms with Crippen molar-refractivity contribution in [2.24, 2.45) is 5.41 Å². The lowest BCUT2D eigenvalue weighted by molar-refractivity contribution is -0.145. The van der Waals surface area contributed by atoms with E-state index in [2.05, 4.69) is 40.2 Å². The highest BCUT2D eigenvalue weighted by Crippen LogP contribution is 2.44. The first-order chi connectivity index (χ1) is 15.5. The number of hydrogen-bond donors (Lipinski definition) is 1. The molecule has 3 aliphatic rings. The molecular formula is C24H27N7O. The Hall–Kier alpha value is -3.29. The molecule has 2 fully saturated rings. The molecule has 3 aromatic rings. The minimum Gasteiger partial charge on any atom is -0.351 e.